The number of benzene rings is 2. The van der Waals surface area contributed by atoms with Gasteiger partial charge >= 0.3 is 5.00 Å². The largest absolute Gasteiger partial charge is 0.324 e. The third kappa shape index (κ3) is 4.09. The Hall–Kier alpha value is -4.22. The number of nitrogens with one attached hydrogen (secondary N) is 1. The topological polar surface area (TPSA) is 116 Å². The van der Waals surface area contributed by atoms with Crippen molar-refractivity contribution in [2.45, 2.75) is 0 Å². The zero-order valence-corrected chi connectivity index (χ0v) is 18.5. The van der Waals surface area contributed by atoms with Crippen LogP contribution < -0.4 is 5.32 Å². The second-order valence-electron chi connectivity index (χ2n) is 7.03. The van der Waals surface area contributed by atoms with Gasteiger partial charge in [-0.2, -0.15) is 5.10 Å². The van der Waals surface area contributed by atoms with E-state index in [1.807, 2.05) is 0 Å². The van der Waals surface area contributed by atoms with Gasteiger partial charge in [-0.15, -0.1) is 0 Å². The van der Waals surface area contributed by atoms with Crippen molar-refractivity contribution in [2.24, 2.45) is 0 Å². The summed E-state index contributed by atoms with van der Waals surface area (Å²) in [7, 11) is 0. The molecule has 0 unspecified atom stereocenters. The lowest BCUT2D eigenvalue weighted by atomic mass is 10.2. The molecule has 0 fully saturated rings. The van der Waals surface area contributed by atoms with E-state index in [-0.39, 0.29) is 21.5 Å². The molecule has 5 aromatic rings. The molecule has 0 aliphatic rings. The molecule has 0 aliphatic carbocycles. The standard InChI is InChI=1S/C22H12ClFN6O3S/c23-13-3-1-2-12(10-13)19-26-20(28-22(31)17-8-9-18(34-17)30(32)33)16-11-25-29(21(16)27-19)15-6-4-14(24)5-7-15/h1-11H,(H,26,27,28,31). The molecular weight excluding hydrogens is 483 g/mol. The Bertz CT molecular complexity index is 1570. The molecule has 0 aliphatic heterocycles. The second-order valence-corrected chi connectivity index (χ2v) is 8.52. The van der Waals surface area contributed by atoms with E-state index in [2.05, 4.69) is 20.4 Å². The third-order valence-electron chi connectivity index (χ3n) is 4.81. The van der Waals surface area contributed by atoms with E-state index >= 15 is 0 Å². The van der Waals surface area contributed by atoms with Gasteiger partial charge in [0, 0.05) is 16.7 Å². The number of aromatic nitrogens is 4. The minimum Gasteiger partial charge on any atom is -0.305 e. The Labute approximate surface area is 199 Å². The molecule has 12 heteroatoms. The molecule has 168 valence electrons. The normalized spacial score (nSPS) is 11.0. The number of rotatable bonds is 5. The van der Waals surface area contributed by atoms with Crippen LogP contribution in [0.4, 0.5) is 15.2 Å². The smallest absolute Gasteiger partial charge is 0.305 e. The number of halogens is 2. The maximum absolute atomic E-state index is 13.4. The van der Waals surface area contributed by atoms with Gasteiger partial charge in [-0.25, -0.2) is 19.0 Å². The minimum atomic E-state index is -0.565. The molecule has 9 nitrogen and oxygen atoms in total. The average Bonchev–Trinajstić information content (AvgIpc) is 3.48. The van der Waals surface area contributed by atoms with Crippen LogP contribution in [0.5, 0.6) is 0 Å². The minimum absolute atomic E-state index is 0.147. The molecule has 0 spiro atoms. The summed E-state index contributed by atoms with van der Waals surface area (Å²) in [5.41, 5.74) is 1.52. The Kier molecular flexibility index (Phi) is 5.48. The molecule has 0 bridgehead atoms. The highest BCUT2D eigenvalue weighted by molar-refractivity contribution is 7.17. The SMILES string of the molecule is O=C(Nc1nc(-c2cccc(Cl)c2)nc2c1cnn2-c1ccc(F)cc1)c1ccc([N+](=O)[O-])s1. The first-order chi connectivity index (χ1) is 16.4. The van der Waals surface area contributed by atoms with E-state index in [0.717, 1.165) is 11.3 Å². The van der Waals surface area contributed by atoms with E-state index in [1.54, 1.807) is 36.4 Å². The van der Waals surface area contributed by atoms with Gasteiger partial charge in [-0.05, 0) is 42.5 Å². The van der Waals surface area contributed by atoms with Crippen molar-refractivity contribution < 1.29 is 14.1 Å². The Morgan fingerprint density at radius 1 is 1.12 bits per heavy atom. The van der Waals surface area contributed by atoms with Gasteiger partial charge in [0.15, 0.2) is 11.5 Å². The summed E-state index contributed by atoms with van der Waals surface area (Å²) in [5, 5.41) is 18.8. The van der Waals surface area contributed by atoms with E-state index < -0.39 is 16.6 Å². The quantitative estimate of drug-likeness (QED) is 0.255. The van der Waals surface area contributed by atoms with Crippen LogP contribution in [-0.2, 0) is 0 Å². The Morgan fingerprint density at radius 3 is 2.62 bits per heavy atom. The van der Waals surface area contributed by atoms with Crippen LogP contribution in [0.2, 0.25) is 5.02 Å². The number of nitrogens with zero attached hydrogens (tertiary/aromatic N) is 5. The summed E-state index contributed by atoms with van der Waals surface area (Å²) >= 11 is 6.89. The molecule has 2 aromatic carbocycles. The average molecular weight is 495 g/mol. The Balaban J connectivity index is 1.64. The summed E-state index contributed by atoms with van der Waals surface area (Å²) in [6.45, 7) is 0. The maximum Gasteiger partial charge on any atom is 0.324 e. The molecule has 0 radical (unpaired) electrons. The number of anilines is 1. The van der Waals surface area contributed by atoms with Crippen molar-refractivity contribution in [2.75, 3.05) is 5.32 Å². The fourth-order valence-electron chi connectivity index (χ4n) is 3.25. The number of carbonyl (C=O) groups is 1. The van der Waals surface area contributed by atoms with Crippen LogP contribution in [-0.4, -0.2) is 30.6 Å². The van der Waals surface area contributed by atoms with Crippen molar-refractivity contribution in [1.82, 2.24) is 19.7 Å². The van der Waals surface area contributed by atoms with Crippen LogP contribution in [0, 0.1) is 15.9 Å². The van der Waals surface area contributed by atoms with E-state index in [9.17, 15) is 19.3 Å². The molecule has 5 rings (SSSR count). The highest BCUT2D eigenvalue weighted by Gasteiger charge is 2.20. The van der Waals surface area contributed by atoms with Gasteiger partial charge in [-0.1, -0.05) is 35.1 Å². The summed E-state index contributed by atoms with van der Waals surface area (Å²) < 4.78 is 14.9. The van der Waals surface area contributed by atoms with E-state index in [1.165, 1.54) is 35.1 Å². The van der Waals surface area contributed by atoms with Crippen LogP contribution in [0.25, 0.3) is 28.1 Å². The molecule has 1 N–H and O–H groups in total. The van der Waals surface area contributed by atoms with Crippen LogP contribution in [0.3, 0.4) is 0 Å². The van der Waals surface area contributed by atoms with E-state index in [0.29, 0.717) is 27.3 Å². The third-order valence-corrected chi connectivity index (χ3v) is 6.08. The first kappa shape index (κ1) is 21.6. The lowest BCUT2D eigenvalue weighted by Crippen LogP contribution is -2.12. The number of hydrogen-bond donors (Lipinski definition) is 1. The van der Waals surface area contributed by atoms with E-state index in [4.69, 9.17) is 11.6 Å². The molecule has 0 saturated carbocycles. The molecule has 0 saturated heterocycles. The van der Waals surface area contributed by atoms with Gasteiger partial charge < -0.3 is 5.32 Å². The molecule has 3 aromatic heterocycles. The summed E-state index contributed by atoms with van der Waals surface area (Å²) in [6.07, 6.45) is 1.48. The summed E-state index contributed by atoms with van der Waals surface area (Å²) in [4.78, 5) is 32.5. The van der Waals surface area contributed by atoms with Crippen LogP contribution in [0.15, 0.2) is 66.9 Å². The monoisotopic (exact) mass is 494 g/mol. The molecule has 0 atom stereocenters. The fraction of sp³-hybridized carbons (Fsp3) is 0. The summed E-state index contributed by atoms with van der Waals surface area (Å²) in [5.74, 6) is -0.530. The van der Waals surface area contributed by atoms with Gasteiger partial charge in [0.1, 0.15) is 11.6 Å². The number of nitro groups is 1. The number of amides is 1. The van der Waals surface area contributed by atoms with Gasteiger partial charge in [0.25, 0.3) is 5.91 Å². The molecular formula is C22H12ClFN6O3S. The van der Waals surface area contributed by atoms with Crippen LogP contribution >= 0.6 is 22.9 Å². The first-order valence-corrected chi connectivity index (χ1v) is 10.9. The summed E-state index contributed by atoms with van der Waals surface area (Å²) in [6, 6.07) is 15.2. The predicted octanol–water partition coefficient (Wildman–Crippen LogP) is 5.50. The maximum atomic E-state index is 13.4. The highest BCUT2D eigenvalue weighted by atomic mass is 35.5. The number of hydrogen-bond acceptors (Lipinski definition) is 7. The van der Waals surface area contributed by atoms with Crippen LogP contribution in [0.1, 0.15) is 9.67 Å². The lowest BCUT2D eigenvalue weighted by molar-refractivity contribution is -0.380. The number of thiophene rings is 1. The van der Waals surface area contributed by atoms with Crippen molar-refractivity contribution >= 4 is 50.7 Å². The zero-order chi connectivity index (χ0) is 23.8. The number of fused-ring (bicyclic) bond motifs is 1. The highest BCUT2D eigenvalue weighted by Crippen LogP contribution is 2.29. The zero-order valence-electron chi connectivity index (χ0n) is 17.0. The molecule has 3 heterocycles. The lowest BCUT2D eigenvalue weighted by Gasteiger charge is -2.09. The van der Waals surface area contributed by atoms with Crippen molar-refractivity contribution in [1.29, 1.82) is 0 Å². The van der Waals surface area contributed by atoms with Crippen molar-refractivity contribution in [3.05, 3.63) is 92.7 Å². The second kappa shape index (κ2) is 8.61. The van der Waals surface area contributed by atoms with Gasteiger partial charge in [0.2, 0.25) is 0 Å². The van der Waals surface area contributed by atoms with Gasteiger partial charge in [0.05, 0.1) is 27.1 Å². The fourth-order valence-corrected chi connectivity index (χ4v) is 4.15. The molecule has 34 heavy (non-hydrogen) atoms. The van der Waals surface area contributed by atoms with Crippen molar-refractivity contribution in [3.63, 3.8) is 0 Å². The molecule has 1 amide bonds. The Morgan fingerprint density at radius 2 is 1.91 bits per heavy atom. The van der Waals surface area contributed by atoms with Crippen molar-refractivity contribution in [3.8, 4) is 17.1 Å². The first-order valence-electron chi connectivity index (χ1n) is 9.72. The predicted molar refractivity (Wildman–Crippen MR) is 126 cm³/mol. The number of carbonyl (C=O) groups excluding carboxylic acids is 1. The van der Waals surface area contributed by atoms with Gasteiger partial charge in [-0.3, -0.25) is 14.9 Å².